The van der Waals surface area contributed by atoms with Crippen molar-refractivity contribution in [3.8, 4) is 5.75 Å². The van der Waals surface area contributed by atoms with Crippen molar-refractivity contribution in [2.45, 2.75) is 6.61 Å². The van der Waals surface area contributed by atoms with E-state index in [2.05, 4.69) is 15.4 Å². The minimum absolute atomic E-state index is 0.0130. The average Bonchev–Trinajstić information content (AvgIpc) is 2.50. The summed E-state index contributed by atoms with van der Waals surface area (Å²) in [6.45, 7) is -2.90. The maximum absolute atomic E-state index is 12.1. The van der Waals surface area contributed by atoms with Crippen molar-refractivity contribution < 1.29 is 18.4 Å². The molecule has 10 heteroatoms. The number of nitrogens with zero attached hydrogens (tertiary/aromatic N) is 1. The third-order valence-corrected chi connectivity index (χ3v) is 3.26. The molecule has 0 aliphatic heterocycles. The number of rotatable bonds is 5. The molecule has 2 rings (SSSR count). The van der Waals surface area contributed by atoms with Crippen LogP contribution < -0.4 is 15.4 Å². The molecule has 6 nitrogen and oxygen atoms in total. The van der Waals surface area contributed by atoms with Gasteiger partial charge in [0, 0.05) is 17.4 Å². The molecule has 0 unspecified atom stereocenters. The second-order valence-corrected chi connectivity index (χ2v) is 5.22. The molecule has 0 aliphatic carbocycles. The summed E-state index contributed by atoms with van der Waals surface area (Å²) in [6, 6.07) is 9.85. The summed E-state index contributed by atoms with van der Waals surface area (Å²) in [5, 5.41) is 16.6. The Labute approximate surface area is 145 Å². The first-order valence-electron chi connectivity index (χ1n) is 6.42. The zero-order valence-corrected chi connectivity index (χ0v) is 13.4. The van der Waals surface area contributed by atoms with E-state index >= 15 is 0 Å². The van der Waals surface area contributed by atoms with E-state index in [1.165, 1.54) is 42.5 Å². The van der Waals surface area contributed by atoms with Crippen LogP contribution in [0.3, 0.4) is 0 Å². The Morgan fingerprint density at radius 3 is 2.33 bits per heavy atom. The first-order chi connectivity index (χ1) is 11.3. The van der Waals surface area contributed by atoms with Gasteiger partial charge in [0.15, 0.2) is 5.11 Å². The Morgan fingerprint density at radius 1 is 1.17 bits per heavy atom. The Morgan fingerprint density at radius 2 is 1.75 bits per heavy atom. The summed E-state index contributed by atoms with van der Waals surface area (Å²) in [5.41, 5.74) is 0.650. The van der Waals surface area contributed by atoms with Crippen LogP contribution in [0.15, 0.2) is 42.5 Å². The van der Waals surface area contributed by atoms with Crippen molar-refractivity contribution in [1.29, 1.82) is 0 Å². The summed E-state index contributed by atoms with van der Waals surface area (Å²) < 4.78 is 28.4. The second kappa shape index (κ2) is 7.84. The van der Waals surface area contributed by atoms with Gasteiger partial charge in [0.1, 0.15) is 10.8 Å². The highest BCUT2D eigenvalue weighted by molar-refractivity contribution is 7.80. The lowest BCUT2D eigenvalue weighted by molar-refractivity contribution is -0.384. The fourth-order valence-electron chi connectivity index (χ4n) is 1.74. The largest absolute Gasteiger partial charge is 0.435 e. The van der Waals surface area contributed by atoms with Crippen LogP contribution in [0.5, 0.6) is 5.75 Å². The molecule has 0 amide bonds. The first kappa shape index (κ1) is 17.8. The van der Waals surface area contributed by atoms with Crippen LogP contribution in [-0.2, 0) is 0 Å². The van der Waals surface area contributed by atoms with Gasteiger partial charge in [0.05, 0.1) is 4.92 Å². The number of anilines is 2. The molecular formula is C14H10ClF2N3O3S. The number of hydrogen-bond donors (Lipinski definition) is 2. The predicted molar refractivity (Wildman–Crippen MR) is 91.0 cm³/mol. The van der Waals surface area contributed by atoms with Gasteiger partial charge < -0.3 is 15.4 Å². The number of halogens is 3. The van der Waals surface area contributed by atoms with Crippen LogP contribution in [0, 0.1) is 10.1 Å². The standard InChI is InChI=1S/C14H10ClF2N3O3S/c15-11-6-3-9(7-12(11)20(21)22)19-14(24)18-8-1-4-10(5-2-8)23-13(16)17/h1-7,13H,(H2,18,19,24). The molecule has 0 heterocycles. The summed E-state index contributed by atoms with van der Waals surface area (Å²) in [4.78, 5) is 10.2. The Bertz CT molecular complexity index is 759. The van der Waals surface area contributed by atoms with Gasteiger partial charge in [0.2, 0.25) is 0 Å². The van der Waals surface area contributed by atoms with E-state index in [1.807, 2.05) is 0 Å². The summed E-state index contributed by atoms with van der Waals surface area (Å²) in [5.74, 6) is 0.0164. The Hall–Kier alpha value is -2.52. The number of nitro benzene ring substituents is 1. The molecule has 0 saturated heterocycles. The fourth-order valence-corrected chi connectivity index (χ4v) is 2.17. The topological polar surface area (TPSA) is 76.4 Å². The minimum Gasteiger partial charge on any atom is -0.435 e. The van der Waals surface area contributed by atoms with Crippen molar-refractivity contribution in [3.05, 3.63) is 57.6 Å². The van der Waals surface area contributed by atoms with Crippen molar-refractivity contribution in [2.24, 2.45) is 0 Å². The van der Waals surface area contributed by atoms with E-state index in [-0.39, 0.29) is 21.6 Å². The zero-order valence-electron chi connectivity index (χ0n) is 11.8. The van der Waals surface area contributed by atoms with Crippen LogP contribution in [0.4, 0.5) is 25.8 Å². The van der Waals surface area contributed by atoms with Gasteiger partial charge in [-0.3, -0.25) is 10.1 Å². The van der Waals surface area contributed by atoms with Crippen LogP contribution in [0.1, 0.15) is 0 Å². The molecule has 0 atom stereocenters. The number of nitrogens with one attached hydrogen (secondary N) is 2. The highest BCUT2D eigenvalue weighted by atomic mass is 35.5. The van der Waals surface area contributed by atoms with Gasteiger partial charge in [-0.05, 0) is 48.6 Å². The van der Waals surface area contributed by atoms with Crippen LogP contribution in [-0.4, -0.2) is 16.6 Å². The average molecular weight is 374 g/mol. The molecular weight excluding hydrogens is 364 g/mol. The summed E-state index contributed by atoms with van der Waals surface area (Å²) >= 11 is 10.8. The van der Waals surface area contributed by atoms with Gasteiger partial charge >= 0.3 is 6.61 Å². The van der Waals surface area contributed by atoms with E-state index in [0.717, 1.165) is 0 Å². The molecule has 0 radical (unpaired) electrons. The van der Waals surface area contributed by atoms with Gasteiger partial charge in [0.25, 0.3) is 5.69 Å². The summed E-state index contributed by atoms with van der Waals surface area (Å²) in [6.07, 6.45) is 0. The lowest BCUT2D eigenvalue weighted by Crippen LogP contribution is -2.19. The van der Waals surface area contributed by atoms with Gasteiger partial charge in [-0.15, -0.1) is 0 Å². The Kier molecular flexibility index (Phi) is 5.83. The van der Waals surface area contributed by atoms with Crippen LogP contribution in [0.25, 0.3) is 0 Å². The number of hydrogen-bond acceptors (Lipinski definition) is 4. The molecule has 126 valence electrons. The molecule has 2 aromatic rings. The maximum Gasteiger partial charge on any atom is 0.387 e. The van der Waals surface area contributed by atoms with Gasteiger partial charge in [-0.1, -0.05) is 11.6 Å². The van der Waals surface area contributed by atoms with E-state index in [9.17, 15) is 18.9 Å². The number of thiocarbonyl (C=S) groups is 1. The molecule has 0 saturated carbocycles. The highest BCUT2D eigenvalue weighted by Gasteiger charge is 2.13. The maximum atomic E-state index is 12.1. The quantitative estimate of drug-likeness (QED) is 0.451. The number of benzene rings is 2. The Balaban J connectivity index is 2.00. The number of ether oxygens (including phenoxy) is 1. The lowest BCUT2D eigenvalue weighted by Gasteiger charge is -2.11. The molecule has 0 aromatic heterocycles. The van der Waals surface area contributed by atoms with E-state index < -0.39 is 11.5 Å². The third kappa shape index (κ3) is 5.00. The molecule has 0 bridgehead atoms. The number of alkyl halides is 2. The highest BCUT2D eigenvalue weighted by Crippen LogP contribution is 2.27. The van der Waals surface area contributed by atoms with Gasteiger partial charge in [-0.25, -0.2) is 0 Å². The SMILES string of the molecule is O=[N+]([O-])c1cc(NC(=S)Nc2ccc(OC(F)F)cc2)ccc1Cl. The molecule has 0 fully saturated rings. The van der Waals surface area contributed by atoms with E-state index in [4.69, 9.17) is 23.8 Å². The molecule has 2 N–H and O–H groups in total. The molecule has 0 aliphatic rings. The zero-order chi connectivity index (χ0) is 17.7. The fraction of sp³-hybridized carbons (Fsp3) is 0.0714. The van der Waals surface area contributed by atoms with Crippen molar-refractivity contribution in [3.63, 3.8) is 0 Å². The summed E-state index contributed by atoms with van der Waals surface area (Å²) in [7, 11) is 0. The normalized spacial score (nSPS) is 10.3. The van der Waals surface area contributed by atoms with Crippen molar-refractivity contribution >= 4 is 46.0 Å². The monoisotopic (exact) mass is 373 g/mol. The number of nitro groups is 1. The van der Waals surface area contributed by atoms with E-state index in [1.54, 1.807) is 0 Å². The van der Waals surface area contributed by atoms with E-state index in [0.29, 0.717) is 11.4 Å². The molecule has 2 aromatic carbocycles. The molecule has 0 spiro atoms. The lowest BCUT2D eigenvalue weighted by atomic mass is 10.3. The first-order valence-corrected chi connectivity index (χ1v) is 7.20. The van der Waals surface area contributed by atoms with Crippen LogP contribution in [0.2, 0.25) is 5.02 Å². The van der Waals surface area contributed by atoms with Crippen molar-refractivity contribution in [1.82, 2.24) is 0 Å². The third-order valence-electron chi connectivity index (χ3n) is 2.74. The van der Waals surface area contributed by atoms with Gasteiger partial charge in [-0.2, -0.15) is 8.78 Å². The second-order valence-electron chi connectivity index (χ2n) is 4.41. The smallest absolute Gasteiger partial charge is 0.387 e. The van der Waals surface area contributed by atoms with Crippen molar-refractivity contribution in [2.75, 3.05) is 10.6 Å². The predicted octanol–water partition coefficient (Wildman–Crippen LogP) is 4.66. The molecule has 24 heavy (non-hydrogen) atoms. The minimum atomic E-state index is -2.90. The van der Waals surface area contributed by atoms with Crippen LogP contribution >= 0.6 is 23.8 Å².